The molecule has 2 rings (SSSR count). The fourth-order valence-electron chi connectivity index (χ4n) is 1.71. The van der Waals surface area contributed by atoms with Crippen LogP contribution in [0.25, 0.3) is 0 Å². The summed E-state index contributed by atoms with van der Waals surface area (Å²) in [6, 6.07) is 11.8. The van der Waals surface area contributed by atoms with E-state index in [0.717, 1.165) is 28.5 Å². The van der Waals surface area contributed by atoms with Gasteiger partial charge in [0.15, 0.2) is 0 Å². The van der Waals surface area contributed by atoms with Crippen molar-refractivity contribution in [1.82, 2.24) is 4.98 Å². The number of hydrogen-bond acceptors (Lipinski definition) is 4. The van der Waals surface area contributed by atoms with E-state index in [-0.39, 0.29) is 6.04 Å². The Kier molecular flexibility index (Phi) is 4.82. The molecular weight excluding hydrogens is 256 g/mol. The van der Waals surface area contributed by atoms with Crippen molar-refractivity contribution in [3.05, 3.63) is 48.3 Å². The fourth-order valence-corrected chi connectivity index (χ4v) is 2.24. The van der Waals surface area contributed by atoms with Gasteiger partial charge < -0.3 is 10.5 Å². The molecule has 0 aliphatic heterocycles. The predicted molar refractivity (Wildman–Crippen MR) is 79.8 cm³/mol. The first-order valence-corrected chi connectivity index (χ1v) is 7.49. The standard InChI is InChI=1S/C15H18N2OS/c1-3-12(16)13-9-8-11(10-17-13)18-14-6-4-5-7-15(14)19-2/h4-10,12H,3,16H2,1-2H3. The molecule has 4 heteroatoms. The molecule has 2 aromatic rings. The molecule has 3 nitrogen and oxygen atoms in total. The molecule has 100 valence electrons. The van der Waals surface area contributed by atoms with Crippen LogP contribution < -0.4 is 10.5 Å². The molecule has 19 heavy (non-hydrogen) atoms. The molecule has 2 N–H and O–H groups in total. The largest absolute Gasteiger partial charge is 0.455 e. The molecule has 1 heterocycles. The Bertz CT molecular complexity index is 528. The number of para-hydroxylation sites is 1. The van der Waals surface area contributed by atoms with Gasteiger partial charge in [-0.2, -0.15) is 0 Å². The van der Waals surface area contributed by atoms with Gasteiger partial charge in [-0.1, -0.05) is 19.1 Å². The van der Waals surface area contributed by atoms with E-state index in [1.807, 2.05) is 49.6 Å². The van der Waals surface area contributed by atoms with E-state index in [4.69, 9.17) is 10.5 Å². The predicted octanol–water partition coefficient (Wildman–Crippen LogP) is 4.01. The molecule has 0 fully saturated rings. The third kappa shape index (κ3) is 3.49. The van der Waals surface area contributed by atoms with Gasteiger partial charge in [0.2, 0.25) is 0 Å². The summed E-state index contributed by atoms with van der Waals surface area (Å²) < 4.78 is 5.84. The number of thioether (sulfide) groups is 1. The van der Waals surface area contributed by atoms with Crippen LogP contribution in [0, 0.1) is 0 Å². The van der Waals surface area contributed by atoms with Crippen LogP contribution in [0.5, 0.6) is 11.5 Å². The van der Waals surface area contributed by atoms with Crippen molar-refractivity contribution in [2.24, 2.45) is 5.73 Å². The van der Waals surface area contributed by atoms with Crippen molar-refractivity contribution >= 4 is 11.8 Å². The smallest absolute Gasteiger partial charge is 0.145 e. The number of ether oxygens (including phenoxy) is 1. The van der Waals surface area contributed by atoms with Crippen LogP contribution in [-0.4, -0.2) is 11.2 Å². The second-order valence-electron chi connectivity index (χ2n) is 4.19. The SMILES string of the molecule is CCC(N)c1ccc(Oc2ccccc2SC)cn1. The van der Waals surface area contributed by atoms with E-state index in [1.54, 1.807) is 18.0 Å². The maximum absolute atomic E-state index is 5.94. The molecule has 0 amide bonds. The van der Waals surface area contributed by atoms with Crippen LogP contribution in [0.1, 0.15) is 25.1 Å². The molecule has 1 unspecified atom stereocenters. The van der Waals surface area contributed by atoms with E-state index < -0.39 is 0 Å². The monoisotopic (exact) mass is 274 g/mol. The molecule has 0 aliphatic rings. The summed E-state index contributed by atoms with van der Waals surface area (Å²) in [5.74, 6) is 1.58. The average Bonchev–Trinajstić information content (AvgIpc) is 2.48. The van der Waals surface area contributed by atoms with Crippen molar-refractivity contribution in [3.8, 4) is 11.5 Å². The lowest BCUT2D eigenvalue weighted by molar-refractivity contribution is 0.467. The third-order valence-corrected chi connectivity index (χ3v) is 3.65. The highest BCUT2D eigenvalue weighted by Crippen LogP contribution is 2.31. The number of nitrogens with zero attached hydrogens (tertiary/aromatic N) is 1. The number of nitrogens with two attached hydrogens (primary N) is 1. The zero-order valence-corrected chi connectivity index (χ0v) is 12.0. The molecule has 1 aromatic heterocycles. The Balaban J connectivity index is 2.15. The van der Waals surface area contributed by atoms with Gasteiger partial charge in [0.25, 0.3) is 0 Å². The summed E-state index contributed by atoms with van der Waals surface area (Å²) in [5, 5.41) is 0. The molecular formula is C15H18N2OS. The summed E-state index contributed by atoms with van der Waals surface area (Å²) >= 11 is 1.66. The van der Waals surface area contributed by atoms with E-state index in [0.29, 0.717) is 0 Å². The number of rotatable bonds is 5. The van der Waals surface area contributed by atoms with E-state index >= 15 is 0 Å². The maximum Gasteiger partial charge on any atom is 0.145 e. The number of hydrogen-bond donors (Lipinski definition) is 1. The second kappa shape index (κ2) is 6.59. The van der Waals surface area contributed by atoms with Gasteiger partial charge >= 0.3 is 0 Å². The first kappa shape index (κ1) is 13.9. The van der Waals surface area contributed by atoms with Crippen molar-refractivity contribution in [1.29, 1.82) is 0 Å². The first-order valence-electron chi connectivity index (χ1n) is 6.27. The minimum atomic E-state index is -0.00691. The quantitative estimate of drug-likeness (QED) is 0.837. The molecule has 0 saturated carbocycles. The Morgan fingerprint density at radius 2 is 2.05 bits per heavy atom. The van der Waals surface area contributed by atoms with Crippen molar-refractivity contribution < 1.29 is 4.74 Å². The van der Waals surface area contributed by atoms with Crippen LogP contribution in [0.3, 0.4) is 0 Å². The van der Waals surface area contributed by atoms with Gasteiger partial charge in [-0.15, -0.1) is 11.8 Å². The van der Waals surface area contributed by atoms with Gasteiger partial charge in [-0.3, -0.25) is 4.98 Å². The Morgan fingerprint density at radius 1 is 1.26 bits per heavy atom. The Morgan fingerprint density at radius 3 is 2.68 bits per heavy atom. The van der Waals surface area contributed by atoms with Crippen LogP contribution in [0.4, 0.5) is 0 Å². The number of aromatic nitrogens is 1. The minimum absolute atomic E-state index is 0.00691. The maximum atomic E-state index is 5.94. The topological polar surface area (TPSA) is 48.1 Å². The molecule has 1 atom stereocenters. The van der Waals surface area contributed by atoms with Gasteiger partial charge in [-0.25, -0.2) is 0 Å². The third-order valence-electron chi connectivity index (χ3n) is 2.88. The highest BCUT2D eigenvalue weighted by Gasteiger charge is 2.06. The van der Waals surface area contributed by atoms with Crippen molar-refractivity contribution in [3.63, 3.8) is 0 Å². The van der Waals surface area contributed by atoms with Crippen LogP contribution >= 0.6 is 11.8 Å². The molecule has 1 aromatic carbocycles. The van der Waals surface area contributed by atoms with E-state index in [1.165, 1.54) is 0 Å². The van der Waals surface area contributed by atoms with Crippen LogP contribution in [0.15, 0.2) is 47.5 Å². The lowest BCUT2D eigenvalue weighted by Gasteiger charge is -2.11. The summed E-state index contributed by atoms with van der Waals surface area (Å²) in [4.78, 5) is 5.45. The second-order valence-corrected chi connectivity index (χ2v) is 5.03. The van der Waals surface area contributed by atoms with E-state index in [9.17, 15) is 0 Å². The Hall–Kier alpha value is -1.52. The number of benzene rings is 1. The number of pyridine rings is 1. The Labute approximate surface area is 118 Å². The summed E-state index contributed by atoms with van der Waals surface area (Å²) in [5.41, 5.74) is 6.83. The van der Waals surface area contributed by atoms with Gasteiger partial charge in [0.1, 0.15) is 11.5 Å². The molecule has 0 saturated heterocycles. The lowest BCUT2D eigenvalue weighted by atomic mass is 10.1. The summed E-state index contributed by atoms with van der Waals surface area (Å²) in [7, 11) is 0. The lowest BCUT2D eigenvalue weighted by Crippen LogP contribution is -2.10. The zero-order valence-electron chi connectivity index (χ0n) is 11.2. The average molecular weight is 274 g/mol. The summed E-state index contributed by atoms with van der Waals surface area (Å²) in [6.07, 6.45) is 4.63. The first-order chi connectivity index (χ1) is 9.24. The normalized spacial score (nSPS) is 12.2. The highest BCUT2D eigenvalue weighted by molar-refractivity contribution is 7.98. The zero-order chi connectivity index (χ0) is 13.7. The van der Waals surface area contributed by atoms with Gasteiger partial charge in [0, 0.05) is 10.9 Å². The van der Waals surface area contributed by atoms with Crippen LogP contribution in [0.2, 0.25) is 0 Å². The molecule has 0 bridgehead atoms. The minimum Gasteiger partial charge on any atom is -0.455 e. The van der Waals surface area contributed by atoms with E-state index in [2.05, 4.69) is 4.98 Å². The highest BCUT2D eigenvalue weighted by atomic mass is 32.2. The van der Waals surface area contributed by atoms with Gasteiger partial charge in [0.05, 0.1) is 11.9 Å². The van der Waals surface area contributed by atoms with Crippen LogP contribution in [-0.2, 0) is 0 Å². The fraction of sp³-hybridized carbons (Fsp3) is 0.267. The van der Waals surface area contributed by atoms with Crippen molar-refractivity contribution in [2.75, 3.05) is 6.26 Å². The molecule has 0 radical (unpaired) electrons. The summed E-state index contributed by atoms with van der Waals surface area (Å²) in [6.45, 7) is 2.05. The van der Waals surface area contributed by atoms with Gasteiger partial charge in [-0.05, 0) is 36.9 Å². The van der Waals surface area contributed by atoms with Crippen molar-refractivity contribution in [2.45, 2.75) is 24.3 Å². The molecule has 0 spiro atoms. The molecule has 0 aliphatic carbocycles.